The predicted molar refractivity (Wildman–Crippen MR) is 79.8 cm³/mol. The van der Waals surface area contributed by atoms with Crippen molar-refractivity contribution in [2.75, 3.05) is 17.7 Å². The van der Waals surface area contributed by atoms with Crippen molar-refractivity contribution < 1.29 is 9.72 Å². The molecule has 0 saturated heterocycles. The molecule has 21 heavy (non-hydrogen) atoms. The zero-order chi connectivity index (χ0) is 15.4. The molecule has 2 N–H and O–H groups in total. The standard InChI is InChI=1S/C13H11ClN4O3/c1-15-11-4-5-16-7-9(11)13(19)17-8-2-3-10(14)12(6-8)18(20)21/h2-7H,1H3,(H,15,16)(H,17,19). The van der Waals surface area contributed by atoms with Gasteiger partial charge in [0.05, 0.1) is 10.5 Å². The lowest BCUT2D eigenvalue weighted by atomic mass is 10.2. The lowest BCUT2D eigenvalue weighted by molar-refractivity contribution is -0.384. The van der Waals surface area contributed by atoms with Gasteiger partial charge >= 0.3 is 0 Å². The number of carbonyl (C=O) groups is 1. The summed E-state index contributed by atoms with van der Waals surface area (Å²) in [6.45, 7) is 0. The van der Waals surface area contributed by atoms with E-state index in [0.717, 1.165) is 0 Å². The SMILES string of the molecule is CNc1ccncc1C(=O)Nc1ccc(Cl)c([N+](=O)[O-])c1. The Kier molecular flexibility index (Phi) is 4.34. The molecule has 0 bridgehead atoms. The molecule has 0 saturated carbocycles. The summed E-state index contributed by atoms with van der Waals surface area (Å²) in [5, 5.41) is 16.3. The summed E-state index contributed by atoms with van der Waals surface area (Å²) in [4.78, 5) is 26.3. The second kappa shape index (κ2) is 6.19. The van der Waals surface area contributed by atoms with Crippen LogP contribution in [0.5, 0.6) is 0 Å². The molecule has 7 nitrogen and oxygen atoms in total. The number of nitro benzene ring substituents is 1. The van der Waals surface area contributed by atoms with E-state index in [1.54, 1.807) is 19.3 Å². The van der Waals surface area contributed by atoms with Gasteiger partial charge in [-0.3, -0.25) is 19.9 Å². The summed E-state index contributed by atoms with van der Waals surface area (Å²) < 4.78 is 0. The maximum atomic E-state index is 12.2. The third-order valence-corrected chi connectivity index (χ3v) is 3.06. The third-order valence-electron chi connectivity index (χ3n) is 2.74. The van der Waals surface area contributed by atoms with E-state index in [4.69, 9.17) is 11.6 Å². The normalized spacial score (nSPS) is 10.0. The van der Waals surface area contributed by atoms with Gasteiger partial charge in [0.25, 0.3) is 11.6 Å². The average molecular weight is 307 g/mol. The summed E-state index contributed by atoms with van der Waals surface area (Å²) in [5.41, 5.74) is 0.945. The molecule has 0 fully saturated rings. The van der Waals surface area contributed by atoms with Crippen molar-refractivity contribution in [1.82, 2.24) is 4.98 Å². The molecule has 2 aromatic rings. The van der Waals surface area contributed by atoms with Gasteiger partial charge in [-0.1, -0.05) is 11.6 Å². The van der Waals surface area contributed by atoms with Crippen LogP contribution >= 0.6 is 11.6 Å². The van der Waals surface area contributed by atoms with Crippen LogP contribution in [0.25, 0.3) is 0 Å². The van der Waals surface area contributed by atoms with E-state index in [0.29, 0.717) is 11.3 Å². The van der Waals surface area contributed by atoms with E-state index in [-0.39, 0.29) is 16.4 Å². The Morgan fingerprint density at radius 3 is 2.81 bits per heavy atom. The number of halogens is 1. The Morgan fingerprint density at radius 1 is 1.38 bits per heavy atom. The monoisotopic (exact) mass is 306 g/mol. The van der Waals surface area contributed by atoms with Crippen molar-refractivity contribution in [3.05, 3.63) is 57.4 Å². The van der Waals surface area contributed by atoms with Crippen LogP contribution in [0.2, 0.25) is 5.02 Å². The fraction of sp³-hybridized carbons (Fsp3) is 0.0769. The van der Waals surface area contributed by atoms with E-state index in [1.165, 1.54) is 24.4 Å². The van der Waals surface area contributed by atoms with Crippen LogP contribution in [0, 0.1) is 10.1 Å². The van der Waals surface area contributed by atoms with Crippen LogP contribution in [0.1, 0.15) is 10.4 Å². The lowest BCUT2D eigenvalue weighted by Crippen LogP contribution is -2.14. The van der Waals surface area contributed by atoms with Crippen LogP contribution in [0.15, 0.2) is 36.7 Å². The Hall–Kier alpha value is -2.67. The van der Waals surface area contributed by atoms with Crippen molar-refractivity contribution in [1.29, 1.82) is 0 Å². The minimum absolute atomic E-state index is 0.00953. The van der Waals surface area contributed by atoms with Crippen molar-refractivity contribution in [3.8, 4) is 0 Å². The highest BCUT2D eigenvalue weighted by molar-refractivity contribution is 6.32. The molecule has 0 aliphatic heterocycles. The molecule has 0 unspecified atom stereocenters. The average Bonchev–Trinajstić information content (AvgIpc) is 2.48. The zero-order valence-corrected chi connectivity index (χ0v) is 11.7. The Labute approximate surface area is 125 Å². The van der Waals surface area contributed by atoms with E-state index in [2.05, 4.69) is 15.6 Å². The fourth-order valence-electron chi connectivity index (χ4n) is 1.72. The topological polar surface area (TPSA) is 97.2 Å². The number of aromatic nitrogens is 1. The number of carbonyl (C=O) groups excluding carboxylic acids is 1. The zero-order valence-electron chi connectivity index (χ0n) is 11.0. The van der Waals surface area contributed by atoms with E-state index in [1.807, 2.05) is 0 Å². The molecule has 0 aliphatic rings. The van der Waals surface area contributed by atoms with Gasteiger partial charge in [0.1, 0.15) is 5.02 Å². The van der Waals surface area contributed by atoms with Crippen LogP contribution in [-0.2, 0) is 0 Å². The molecular weight excluding hydrogens is 296 g/mol. The summed E-state index contributed by atoms with van der Waals surface area (Å²) in [6, 6.07) is 5.70. The van der Waals surface area contributed by atoms with Crippen LogP contribution in [0.3, 0.4) is 0 Å². The molecule has 0 radical (unpaired) electrons. The van der Waals surface area contributed by atoms with Crippen LogP contribution < -0.4 is 10.6 Å². The minimum atomic E-state index is -0.610. The number of nitrogens with one attached hydrogen (secondary N) is 2. The van der Waals surface area contributed by atoms with Crippen molar-refractivity contribution >= 4 is 34.6 Å². The largest absolute Gasteiger partial charge is 0.387 e. The van der Waals surface area contributed by atoms with Crippen LogP contribution in [0.4, 0.5) is 17.1 Å². The molecule has 1 amide bonds. The highest BCUT2D eigenvalue weighted by Crippen LogP contribution is 2.27. The second-order valence-corrected chi connectivity index (χ2v) is 4.46. The number of rotatable bonds is 4. The fourth-order valence-corrected chi connectivity index (χ4v) is 1.91. The van der Waals surface area contributed by atoms with Crippen molar-refractivity contribution in [2.45, 2.75) is 0 Å². The lowest BCUT2D eigenvalue weighted by Gasteiger charge is -2.09. The third kappa shape index (κ3) is 3.26. The molecule has 2 rings (SSSR count). The first-order chi connectivity index (χ1) is 10.0. The summed E-state index contributed by atoms with van der Waals surface area (Å²) in [6.07, 6.45) is 2.96. The molecular formula is C13H11ClN4O3. The number of amides is 1. The number of hydrogen-bond donors (Lipinski definition) is 2. The summed E-state index contributed by atoms with van der Waals surface area (Å²) in [5.74, 6) is -0.427. The Bertz CT molecular complexity index is 706. The molecule has 0 atom stereocenters. The molecule has 0 spiro atoms. The second-order valence-electron chi connectivity index (χ2n) is 4.05. The molecule has 108 valence electrons. The number of nitro groups is 1. The van der Waals surface area contributed by atoms with Gasteiger partial charge in [-0.15, -0.1) is 0 Å². The summed E-state index contributed by atoms with van der Waals surface area (Å²) >= 11 is 5.72. The van der Waals surface area contributed by atoms with Crippen LogP contribution in [-0.4, -0.2) is 22.9 Å². The van der Waals surface area contributed by atoms with Gasteiger partial charge in [-0.05, 0) is 18.2 Å². The number of hydrogen-bond acceptors (Lipinski definition) is 5. The van der Waals surface area contributed by atoms with E-state index in [9.17, 15) is 14.9 Å². The highest BCUT2D eigenvalue weighted by atomic mass is 35.5. The van der Waals surface area contributed by atoms with Gasteiger partial charge < -0.3 is 10.6 Å². The number of benzene rings is 1. The molecule has 8 heteroatoms. The number of nitrogens with zero attached hydrogens (tertiary/aromatic N) is 2. The molecule has 0 aliphatic carbocycles. The first-order valence-corrected chi connectivity index (χ1v) is 6.27. The number of pyridine rings is 1. The van der Waals surface area contributed by atoms with E-state index < -0.39 is 10.8 Å². The van der Waals surface area contributed by atoms with Gasteiger partial charge in [-0.2, -0.15) is 0 Å². The van der Waals surface area contributed by atoms with Gasteiger partial charge in [-0.25, -0.2) is 0 Å². The summed E-state index contributed by atoms with van der Waals surface area (Å²) in [7, 11) is 1.68. The maximum Gasteiger partial charge on any atom is 0.289 e. The first kappa shape index (κ1) is 14.7. The Balaban J connectivity index is 2.28. The molecule has 1 aromatic carbocycles. The van der Waals surface area contributed by atoms with Gasteiger partial charge in [0, 0.05) is 36.9 Å². The van der Waals surface area contributed by atoms with Crippen molar-refractivity contribution in [3.63, 3.8) is 0 Å². The molecule has 1 heterocycles. The minimum Gasteiger partial charge on any atom is -0.387 e. The van der Waals surface area contributed by atoms with Crippen molar-refractivity contribution in [2.24, 2.45) is 0 Å². The highest BCUT2D eigenvalue weighted by Gasteiger charge is 2.16. The molecule has 1 aromatic heterocycles. The van der Waals surface area contributed by atoms with Gasteiger partial charge in [0.15, 0.2) is 0 Å². The predicted octanol–water partition coefficient (Wildman–Crippen LogP) is 2.94. The Morgan fingerprint density at radius 2 is 2.14 bits per heavy atom. The quantitative estimate of drug-likeness (QED) is 0.668. The smallest absolute Gasteiger partial charge is 0.289 e. The maximum absolute atomic E-state index is 12.2. The first-order valence-electron chi connectivity index (χ1n) is 5.90. The van der Waals surface area contributed by atoms with E-state index >= 15 is 0 Å². The number of anilines is 2. The van der Waals surface area contributed by atoms with Gasteiger partial charge in [0.2, 0.25) is 0 Å².